The van der Waals surface area contributed by atoms with Gasteiger partial charge in [-0.2, -0.15) is 0 Å². The second-order valence-electron chi connectivity index (χ2n) is 2.23. The number of aliphatic hydroxyl groups is 1. The number of ketones is 1. The zero-order valence-electron chi connectivity index (χ0n) is 5.53. The molecule has 1 saturated carbocycles. The highest BCUT2D eigenvalue weighted by atomic mass is 16.5. The van der Waals surface area contributed by atoms with Gasteiger partial charge < -0.3 is 9.84 Å². The molecular formula is C6H8O4. The van der Waals surface area contributed by atoms with Crippen molar-refractivity contribution in [1.29, 1.82) is 0 Å². The molecule has 1 aliphatic carbocycles. The van der Waals surface area contributed by atoms with Crippen LogP contribution in [0.1, 0.15) is 6.42 Å². The van der Waals surface area contributed by atoms with Crippen LogP contribution in [-0.2, 0) is 14.3 Å². The Morgan fingerprint density at radius 1 is 1.80 bits per heavy atom. The first kappa shape index (κ1) is 7.21. The Balaban J connectivity index is 2.48. The molecule has 4 nitrogen and oxygen atoms in total. The van der Waals surface area contributed by atoms with Crippen molar-refractivity contribution in [2.24, 2.45) is 5.92 Å². The Labute approximate surface area is 57.8 Å². The molecule has 0 radical (unpaired) electrons. The van der Waals surface area contributed by atoms with Crippen molar-refractivity contribution in [3.63, 3.8) is 0 Å². The van der Waals surface area contributed by atoms with E-state index in [0.717, 1.165) is 0 Å². The highest BCUT2D eigenvalue weighted by Crippen LogP contribution is 2.23. The number of carbonyl (C=O) groups excluding carboxylic acids is 2. The number of methoxy groups -OCH3 is 1. The van der Waals surface area contributed by atoms with E-state index < -0.39 is 23.8 Å². The van der Waals surface area contributed by atoms with Crippen LogP contribution in [0.25, 0.3) is 0 Å². The number of hydrogen-bond donors (Lipinski definition) is 1. The van der Waals surface area contributed by atoms with Gasteiger partial charge in [-0.15, -0.1) is 0 Å². The predicted molar refractivity (Wildman–Crippen MR) is 31.1 cm³/mol. The number of rotatable bonds is 1. The summed E-state index contributed by atoms with van der Waals surface area (Å²) in [6.45, 7) is 0. The SMILES string of the molecule is COC(=O)C1CC(O)C1=O. The van der Waals surface area contributed by atoms with Crippen LogP contribution in [0.4, 0.5) is 0 Å². The van der Waals surface area contributed by atoms with Gasteiger partial charge in [-0.05, 0) is 0 Å². The molecule has 0 bridgehead atoms. The lowest BCUT2D eigenvalue weighted by Crippen LogP contribution is -2.46. The van der Waals surface area contributed by atoms with Gasteiger partial charge in [0.1, 0.15) is 12.0 Å². The van der Waals surface area contributed by atoms with Crippen LogP contribution < -0.4 is 0 Å². The van der Waals surface area contributed by atoms with Gasteiger partial charge in [-0.3, -0.25) is 9.59 Å². The summed E-state index contributed by atoms with van der Waals surface area (Å²) in [6.07, 6.45) is -0.727. The Kier molecular flexibility index (Phi) is 1.72. The minimum atomic E-state index is -0.941. The number of esters is 1. The van der Waals surface area contributed by atoms with Crippen molar-refractivity contribution < 1.29 is 19.4 Å². The summed E-state index contributed by atoms with van der Waals surface area (Å²) in [5.74, 6) is -1.68. The Bertz CT molecular complexity index is 167. The second kappa shape index (κ2) is 2.38. The third-order valence-electron chi connectivity index (χ3n) is 1.62. The summed E-state index contributed by atoms with van der Waals surface area (Å²) in [4.78, 5) is 21.2. The monoisotopic (exact) mass is 144 g/mol. The number of carbonyl (C=O) groups is 2. The van der Waals surface area contributed by atoms with E-state index in [4.69, 9.17) is 5.11 Å². The van der Waals surface area contributed by atoms with Gasteiger partial charge in [0.2, 0.25) is 0 Å². The van der Waals surface area contributed by atoms with Crippen LogP contribution in [0.2, 0.25) is 0 Å². The molecule has 0 aliphatic heterocycles. The minimum absolute atomic E-state index is 0.214. The topological polar surface area (TPSA) is 63.6 Å². The fraction of sp³-hybridized carbons (Fsp3) is 0.667. The average molecular weight is 144 g/mol. The highest BCUT2D eigenvalue weighted by molar-refractivity contribution is 6.06. The van der Waals surface area contributed by atoms with E-state index >= 15 is 0 Å². The fourth-order valence-corrected chi connectivity index (χ4v) is 0.882. The van der Waals surface area contributed by atoms with E-state index in [2.05, 4.69) is 4.74 Å². The fourth-order valence-electron chi connectivity index (χ4n) is 0.882. The van der Waals surface area contributed by atoms with Crippen molar-refractivity contribution in [2.75, 3.05) is 7.11 Å². The van der Waals surface area contributed by atoms with Gasteiger partial charge in [0.25, 0.3) is 0 Å². The zero-order valence-corrected chi connectivity index (χ0v) is 5.53. The lowest BCUT2D eigenvalue weighted by atomic mass is 9.81. The predicted octanol–water partition coefficient (Wildman–Crippen LogP) is -0.891. The van der Waals surface area contributed by atoms with Crippen LogP contribution in [0, 0.1) is 5.92 Å². The first-order chi connectivity index (χ1) is 4.66. The number of aliphatic hydroxyl groups excluding tert-OH is 1. The molecule has 4 heteroatoms. The number of Topliss-reactive ketones (excluding diaryl/α,β-unsaturated/α-hetero) is 1. The van der Waals surface area contributed by atoms with Gasteiger partial charge in [-0.1, -0.05) is 0 Å². The molecule has 0 aromatic carbocycles. The summed E-state index contributed by atoms with van der Waals surface area (Å²) in [5, 5.41) is 8.67. The van der Waals surface area contributed by atoms with E-state index in [0.29, 0.717) is 0 Å². The van der Waals surface area contributed by atoms with Crippen LogP contribution in [0.5, 0.6) is 0 Å². The largest absolute Gasteiger partial charge is 0.468 e. The van der Waals surface area contributed by atoms with Crippen molar-refractivity contribution in [3.8, 4) is 0 Å². The summed E-state index contributed by atoms with van der Waals surface area (Å²) < 4.78 is 4.30. The first-order valence-corrected chi connectivity index (χ1v) is 2.96. The summed E-state index contributed by atoms with van der Waals surface area (Å²) in [6, 6.07) is 0. The maximum absolute atomic E-state index is 10.6. The van der Waals surface area contributed by atoms with Crippen molar-refractivity contribution in [3.05, 3.63) is 0 Å². The van der Waals surface area contributed by atoms with Crippen LogP contribution in [-0.4, -0.2) is 30.1 Å². The van der Waals surface area contributed by atoms with E-state index in [1.165, 1.54) is 7.11 Å². The maximum atomic E-state index is 10.6. The molecule has 0 spiro atoms. The molecule has 0 aromatic rings. The van der Waals surface area contributed by atoms with Crippen molar-refractivity contribution >= 4 is 11.8 Å². The molecule has 0 amide bonds. The highest BCUT2D eigenvalue weighted by Gasteiger charge is 2.43. The molecule has 1 rings (SSSR count). The van der Waals surface area contributed by atoms with Gasteiger partial charge in [-0.25, -0.2) is 0 Å². The number of hydrogen-bond acceptors (Lipinski definition) is 4. The minimum Gasteiger partial charge on any atom is -0.468 e. The van der Waals surface area contributed by atoms with E-state index in [1.807, 2.05) is 0 Å². The Morgan fingerprint density at radius 2 is 2.40 bits per heavy atom. The third-order valence-corrected chi connectivity index (χ3v) is 1.62. The van der Waals surface area contributed by atoms with Crippen LogP contribution in [0.3, 0.4) is 0 Å². The zero-order chi connectivity index (χ0) is 7.72. The molecule has 0 saturated heterocycles. The quantitative estimate of drug-likeness (QED) is 0.383. The molecule has 2 atom stereocenters. The molecule has 1 aliphatic rings. The van der Waals surface area contributed by atoms with Crippen molar-refractivity contribution in [2.45, 2.75) is 12.5 Å². The maximum Gasteiger partial charge on any atom is 0.316 e. The Morgan fingerprint density at radius 3 is 2.70 bits per heavy atom. The normalized spacial score (nSPS) is 31.2. The first-order valence-electron chi connectivity index (χ1n) is 2.96. The number of ether oxygens (including phenoxy) is 1. The van der Waals surface area contributed by atoms with Gasteiger partial charge >= 0.3 is 5.97 Å². The van der Waals surface area contributed by atoms with E-state index in [9.17, 15) is 9.59 Å². The molecule has 1 fully saturated rings. The average Bonchev–Trinajstić information content (AvgIpc) is 1.98. The van der Waals surface area contributed by atoms with Crippen molar-refractivity contribution in [1.82, 2.24) is 0 Å². The molecule has 0 heterocycles. The lowest BCUT2D eigenvalue weighted by molar-refractivity contribution is -0.161. The molecule has 0 aromatic heterocycles. The van der Waals surface area contributed by atoms with Crippen LogP contribution in [0.15, 0.2) is 0 Å². The Hall–Kier alpha value is -0.900. The lowest BCUT2D eigenvalue weighted by Gasteiger charge is -2.26. The third kappa shape index (κ3) is 0.903. The molecule has 1 N–H and O–H groups in total. The summed E-state index contributed by atoms with van der Waals surface area (Å²) in [5.41, 5.74) is 0. The molecular weight excluding hydrogens is 136 g/mol. The summed E-state index contributed by atoms with van der Waals surface area (Å²) in [7, 11) is 1.22. The summed E-state index contributed by atoms with van der Waals surface area (Å²) >= 11 is 0. The van der Waals surface area contributed by atoms with E-state index in [-0.39, 0.29) is 6.42 Å². The molecule has 56 valence electrons. The second-order valence-corrected chi connectivity index (χ2v) is 2.23. The molecule has 2 unspecified atom stereocenters. The smallest absolute Gasteiger partial charge is 0.316 e. The standard InChI is InChI=1S/C6H8O4/c1-10-6(9)3-2-4(7)5(3)8/h3-4,7H,2H2,1H3. The molecule has 10 heavy (non-hydrogen) atoms. The van der Waals surface area contributed by atoms with Gasteiger partial charge in [0.15, 0.2) is 5.78 Å². The van der Waals surface area contributed by atoms with Crippen LogP contribution >= 0.6 is 0 Å². The van der Waals surface area contributed by atoms with Gasteiger partial charge in [0, 0.05) is 6.42 Å². The van der Waals surface area contributed by atoms with E-state index in [1.54, 1.807) is 0 Å². The van der Waals surface area contributed by atoms with Gasteiger partial charge in [0.05, 0.1) is 7.11 Å².